The highest BCUT2D eigenvalue weighted by Gasteiger charge is 2.66. The maximum absolute atomic E-state index is 7.38. The molecular formula is C58H65N3O2. The van der Waals surface area contributed by atoms with Gasteiger partial charge in [0.1, 0.15) is 28.5 Å². The van der Waals surface area contributed by atoms with E-state index in [1.54, 1.807) is 0 Å². The van der Waals surface area contributed by atoms with Gasteiger partial charge >= 0.3 is 0 Å². The van der Waals surface area contributed by atoms with E-state index < -0.39 is 11.1 Å². The number of aliphatic imine (C=N–C) groups is 1. The van der Waals surface area contributed by atoms with Crippen LogP contribution in [0.1, 0.15) is 135 Å². The molecule has 9 rings (SSSR count). The van der Waals surface area contributed by atoms with E-state index >= 15 is 0 Å². The van der Waals surface area contributed by atoms with Crippen molar-refractivity contribution in [1.82, 2.24) is 4.98 Å². The number of pyridine rings is 1. The fourth-order valence-corrected chi connectivity index (χ4v) is 11.1. The second kappa shape index (κ2) is 14.2. The lowest BCUT2D eigenvalue weighted by Gasteiger charge is -2.45. The van der Waals surface area contributed by atoms with Crippen LogP contribution in [-0.2, 0) is 27.5 Å². The van der Waals surface area contributed by atoms with Crippen LogP contribution in [0.4, 0.5) is 17.2 Å². The summed E-state index contributed by atoms with van der Waals surface area (Å²) in [4.78, 5) is 13.1. The smallest absolute Gasteiger partial charge is 0.217 e. The molecule has 1 aliphatic carbocycles. The molecule has 5 heteroatoms. The number of rotatable bonds is 5. The highest BCUT2D eigenvalue weighted by atomic mass is 16.5. The summed E-state index contributed by atoms with van der Waals surface area (Å²) in [6, 6.07) is 31.6. The van der Waals surface area contributed by atoms with E-state index in [0.29, 0.717) is 5.90 Å². The van der Waals surface area contributed by atoms with Gasteiger partial charge in [0.25, 0.3) is 0 Å². The quantitative estimate of drug-likeness (QED) is 0.174. The number of benzene rings is 5. The molecule has 0 saturated heterocycles. The summed E-state index contributed by atoms with van der Waals surface area (Å²) in [6.45, 7) is 36.0. The topological polar surface area (TPSA) is 47.0 Å². The molecule has 2 atom stereocenters. The summed E-state index contributed by atoms with van der Waals surface area (Å²) < 4.78 is 14.5. The molecule has 5 nitrogen and oxygen atoms in total. The minimum absolute atomic E-state index is 0.00998. The van der Waals surface area contributed by atoms with Gasteiger partial charge in [0.15, 0.2) is 0 Å². The number of aryl methyl sites for hydroxylation is 7. The second-order valence-corrected chi connectivity index (χ2v) is 21.9. The Morgan fingerprint density at radius 3 is 1.95 bits per heavy atom. The SMILES string of the molecule is Cc1cc(Oc2cc(C3=N[C@]4(C)c5cc(C)c(C)cc5C[C@]4(C(C)(C)C)O3)cc(-c3c(C)cc(C)cc3C)c2)cc(N2c3ccc(C(C)(C)C)cc3C(C)(C)c3cc(C)cnc32)c1. The van der Waals surface area contributed by atoms with Gasteiger partial charge in [-0.2, -0.15) is 0 Å². The predicted octanol–water partition coefficient (Wildman–Crippen LogP) is 15.1. The number of fused-ring (bicyclic) bond motifs is 5. The maximum atomic E-state index is 7.38. The first kappa shape index (κ1) is 42.6. The molecule has 0 N–H and O–H groups in total. The molecule has 0 fully saturated rings. The first-order chi connectivity index (χ1) is 29.4. The maximum Gasteiger partial charge on any atom is 0.217 e. The van der Waals surface area contributed by atoms with Crippen LogP contribution in [0, 0.1) is 53.9 Å². The van der Waals surface area contributed by atoms with Crippen LogP contribution in [-0.4, -0.2) is 16.5 Å². The average molecular weight is 836 g/mol. The van der Waals surface area contributed by atoms with Crippen LogP contribution in [0.2, 0.25) is 0 Å². The molecule has 324 valence electrons. The molecular weight excluding hydrogens is 771 g/mol. The summed E-state index contributed by atoms with van der Waals surface area (Å²) in [6.07, 6.45) is 2.78. The number of hydrogen-bond donors (Lipinski definition) is 0. The van der Waals surface area contributed by atoms with Crippen molar-refractivity contribution < 1.29 is 9.47 Å². The molecule has 2 aliphatic heterocycles. The lowest BCUT2D eigenvalue weighted by atomic mass is 9.66. The highest BCUT2D eigenvalue weighted by Crippen LogP contribution is 2.61. The third-order valence-corrected chi connectivity index (χ3v) is 14.6. The lowest BCUT2D eigenvalue weighted by Crippen LogP contribution is -2.54. The van der Waals surface area contributed by atoms with Crippen LogP contribution in [0.25, 0.3) is 11.1 Å². The molecule has 5 aromatic carbocycles. The summed E-state index contributed by atoms with van der Waals surface area (Å²) in [5, 5.41) is 0. The molecule has 0 bridgehead atoms. The van der Waals surface area contributed by atoms with Crippen LogP contribution in [0.5, 0.6) is 11.5 Å². The fraction of sp³-hybridized carbons (Fsp3) is 0.379. The molecule has 0 spiro atoms. The summed E-state index contributed by atoms with van der Waals surface area (Å²) in [7, 11) is 0. The van der Waals surface area contributed by atoms with E-state index in [1.165, 1.54) is 61.2 Å². The second-order valence-electron chi connectivity index (χ2n) is 21.9. The average Bonchev–Trinajstić information content (AvgIpc) is 3.61. The molecule has 0 radical (unpaired) electrons. The number of aromatic nitrogens is 1. The van der Waals surface area contributed by atoms with Crippen molar-refractivity contribution in [3.8, 4) is 22.6 Å². The third-order valence-electron chi connectivity index (χ3n) is 14.6. The molecule has 0 amide bonds. The van der Waals surface area contributed by atoms with Gasteiger partial charge in [-0.1, -0.05) is 97.4 Å². The van der Waals surface area contributed by atoms with Crippen molar-refractivity contribution >= 4 is 23.1 Å². The predicted molar refractivity (Wildman–Crippen MR) is 262 cm³/mol. The first-order valence-electron chi connectivity index (χ1n) is 22.8. The zero-order valence-electron chi connectivity index (χ0n) is 40.5. The highest BCUT2D eigenvalue weighted by molar-refractivity contribution is 5.99. The Kier molecular flexibility index (Phi) is 9.58. The largest absolute Gasteiger partial charge is 0.467 e. The molecule has 1 aromatic heterocycles. The van der Waals surface area contributed by atoms with E-state index in [2.05, 4.69) is 201 Å². The van der Waals surface area contributed by atoms with Crippen LogP contribution in [0.3, 0.4) is 0 Å². The Balaban J connectivity index is 1.20. The van der Waals surface area contributed by atoms with Gasteiger partial charge in [0.2, 0.25) is 5.90 Å². The molecule has 63 heavy (non-hydrogen) atoms. The Bertz CT molecular complexity index is 2900. The minimum atomic E-state index is -0.567. The summed E-state index contributed by atoms with van der Waals surface area (Å²) >= 11 is 0. The van der Waals surface area contributed by atoms with Gasteiger partial charge in [-0.25, -0.2) is 9.98 Å². The van der Waals surface area contributed by atoms with Gasteiger partial charge in [-0.05, 0) is 170 Å². The normalized spacial score (nSPS) is 19.8. The molecule has 0 saturated carbocycles. The van der Waals surface area contributed by atoms with Crippen LogP contribution in [0.15, 0.2) is 96.1 Å². The van der Waals surface area contributed by atoms with Crippen molar-refractivity contribution in [2.45, 2.75) is 139 Å². The monoisotopic (exact) mass is 836 g/mol. The Morgan fingerprint density at radius 1 is 0.619 bits per heavy atom. The Labute approximate surface area is 376 Å². The van der Waals surface area contributed by atoms with Crippen LogP contribution >= 0.6 is 0 Å². The van der Waals surface area contributed by atoms with Crippen molar-refractivity contribution in [2.24, 2.45) is 10.4 Å². The standard InChI is InChI=1S/C58H65N3O2/c1-33-19-38(6)51(39(7)20-33)40-26-41(53-60-57(16)47-25-37(5)36(4)24-42(47)31-58(57,63-53)55(11,12)13)28-46(27-40)62-45-22-34(2)21-44(30-45)61-50-18-17-43(54(8,9)10)29-48(50)56(14,15)49-23-35(3)32-59-52(49)61/h17-30,32H,31H2,1-16H3/t57-,58-/m1/s1. The zero-order chi connectivity index (χ0) is 45.3. The van der Waals surface area contributed by atoms with Gasteiger partial charge in [-0.3, -0.25) is 4.90 Å². The zero-order valence-corrected chi connectivity index (χ0v) is 40.5. The molecule has 0 unspecified atom stereocenters. The number of anilines is 3. The molecule has 6 aromatic rings. The molecule has 3 heterocycles. The van der Waals surface area contributed by atoms with Gasteiger partial charge < -0.3 is 9.47 Å². The Morgan fingerprint density at radius 2 is 1.27 bits per heavy atom. The number of nitrogens with zero attached hydrogens (tertiary/aromatic N) is 3. The van der Waals surface area contributed by atoms with Crippen molar-refractivity contribution in [3.05, 3.63) is 163 Å². The third kappa shape index (κ3) is 6.71. The van der Waals surface area contributed by atoms with Gasteiger partial charge in [-0.15, -0.1) is 0 Å². The summed E-state index contributed by atoms with van der Waals surface area (Å²) in [5.41, 5.74) is 18.7. The van der Waals surface area contributed by atoms with Crippen molar-refractivity contribution in [2.75, 3.05) is 4.90 Å². The Hall–Kier alpha value is -5.68. The van der Waals surface area contributed by atoms with E-state index in [0.717, 1.165) is 57.4 Å². The minimum Gasteiger partial charge on any atom is -0.467 e. The van der Waals surface area contributed by atoms with Crippen molar-refractivity contribution in [1.29, 1.82) is 0 Å². The lowest BCUT2D eigenvalue weighted by molar-refractivity contribution is -0.0673. The van der Waals surface area contributed by atoms with E-state index in [9.17, 15) is 0 Å². The van der Waals surface area contributed by atoms with E-state index in [1.807, 2.05) is 6.20 Å². The van der Waals surface area contributed by atoms with Crippen molar-refractivity contribution in [3.63, 3.8) is 0 Å². The molecule has 3 aliphatic rings. The summed E-state index contributed by atoms with van der Waals surface area (Å²) in [5.74, 6) is 3.09. The number of ether oxygens (including phenoxy) is 2. The van der Waals surface area contributed by atoms with E-state index in [-0.39, 0.29) is 16.2 Å². The van der Waals surface area contributed by atoms with Gasteiger partial charge in [0.05, 0.1) is 11.4 Å². The fourth-order valence-electron chi connectivity index (χ4n) is 11.1. The van der Waals surface area contributed by atoms with E-state index in [4.69, 9.17) is 19.5 Å². The van der Waals surface area contributed by atoms with Crippen LogP contribution < -0.4 is 9.64 Å². The first-order valence-corrected chi connectivity index (χ1v) is 22.8. The number of hydrogen-bond acceptors (Lipinski definition) is 5. The van der Waals surface area contributed by atoms with Gasteiger partial charge in [0, 0.05) is 40.6 Å².